The summed E-state index contributed by atoms with van der Waals surface area (Å²) >= 11 is 5.57. The molecule has 1 aromatic heterocycles. The van der Waals surface area contributed by atoms with Crippen LogP contribution < -0.4 is 4.74 Å². The van der Waals surface area contributed by atoms with Crippen LogP contribution in [0, 0.1) is 0 Å². The molecule has 0 unspecified atom stereocenters. The van der Waals surface area contributed by atoms with Crippen molar-refractivity contribution in [2.45, 2.75) is 20.0 Å². The summed E-state index contributed by atoms with van der Waals surface area (Å²) in [5.74, 6) is 0.470. The van der Waals surface area contributed by atoms with Crippen LogP contribution in [-0.4, -0.2) is 29.3 Å². The summed E-state index contributed by atoms with van der Waals surface area (Å²) in [6.07, 6.45) is 1.76. The summed E-state index contributed by atoms with van der Waals surface area (Å²) in [5, 5.41) is 0.187. The summed E-state index contributed by atoms with van der Waals surface area (Å²) in [6.45, 7) is 4.95. The smallest absolute Gasteiger partial charge is 0.225 e. The van der Waals surface area contributed by atoms with Crippen LogP contribution in [0.25, 0.3) is 0 Å². The van der Waals surface area contributed by atoms with Crippen LogP contribution in [0.3, 0.4) is 0 Å². The van der Waals surface area contributed by atoms with Crippen molar-refractivity contribution in [1.29, 1.82) is 0 Å². The van der Waals surface area contributed by atoms with Gasteiger partial charge in [0, 0.05) is 12.3 Å². The summed E-state index contributed by atoms with van der Waals surface area (Å²) in [6, 6.07) is 1.65. The van der Waals surface area contributed by atoms with Crippen LogP contribution in [0.4, 0.5) is 0 Å². The summed E-state index contributed by atoms with van der Waals surface area (Å²) in [5.41, 5.74) is 0. The Morgan fingerprint density at radius 3 is 2.86 bits per heavy atom. The molecular weight excluding hydrogens is 204 g/mol. The minimum atomic E-state index is 0.187. The van der Waals surface area contributed by atoms with Gasteiger partial charge < -0.3 is 9.47 Å². The minimum absolute atomic E-state index is 0.187. The lowest BCUT2D eigenvalue weighted by Gasteiger charge is -2.08. The van der Waals surface area contributed by atoms with Crippen LogP contribution in [0.15, 0.2) is 12.3 Å². The average Bonchev–Trinajstić information content (AvgIpc) is 2.12. The highest BCUT2D eigenvalue weighted by molar-refractivity contribution is 6.28. The van der Waals surface area contributed by atoms with Crippen LogP contribution in [0.2, 0.25) is 5.28 Å². The molecule has 0 aliphatic heterocycles. The SMILES string of the molecule is CC(C)OCCOc1ccnc(Cl)n1. The zero-order chi connectivity index (χ0) is 10.4. The fourth-order valence-electron chi connectivity index (χ4n) is 0.830. The third-order valence-corrected chi connectivity index (χ3v) is 1.57. The normalized spacial score (nSPS) is 10.6. The van der Waals surface area contributed by atoms with Crippen molar-refractivity contribution in [2.75, 3.05) is 13.2 Å². The van der Waals surface area contributed by atoms with E-state index in [1.807, 2.05) is 13.8 Å². The van der Waals surface area contributed by atoms with Crippen molar-refractivity contribution in [3.8, 4) is 5.88 Å². The Balaban J connectivity index is 2.25. The molecule has 0 bridgehead atoms. The Labute approximate surface area is 88.2 Å². The Morgan fingerprint density at radius 1 is 1.43 bits per heavy atom. The molecule has 1 aromatic rings. The lowest BCUT2D eigenvalue weighted by atomic mass is 10.5. The highest BCUT2D eigenvalue weighted by atomic mass is 35.5. The molecule has 1 rings (SSSR count). The maximum absolute atomic E-state index is 5.57. The molecule has 0 spiro atoms. The Hall–Kier alpha value is -0.870. The summed E-state index contributed by atoms with van der Waals surface area (Å²) in [7, 11) is 0. The standard InChI is InChI=1S/C9H13ClN2O2/c1-7(2)13-5-6-14-8-3-4-11-9(10)12-8/h3-4,7H,5-6H2,1-2H3. The molecule has 1 heterocycles. The van der Waals surface area contributed by atoms with E-state index in [2.05, 4.69) is 9.97 Å². The van der Waals surface area contributed by atoms with E-state index in [1.165, 1.54) is 0 Å². The van der Waals surface area contributed by atoms with E-state index < -0.39 is 0 Å². The first-order valence-electron chi connectivity index (χ1n) is 4.41. The first-order chi connectivity index (χ1) is 6.68. The number of nitrogens with zero attached hydrogens (tertiary/aromatic N) is 2. The molecule has 0 amide bonds. The number of halogens is 1. The molecule has 0 atom stereocenters. The number of aromatic nitrogens is 2. The van der Waals surface area contributed by atoms with E-state index in [1.54, 1.807) is 12.3 Å². The molecule has 0 radical (unpaired) electrons. The molecule has 0 N–H and O–H groups in total. The van der Waals surface area contributed by atoms with E-state index >= 15 is 0 Å². The monoisotopic (exact) mass is 216 g/mol. The minimum Gasteiger partial charge on any atom is -0.475 e. The second-order valence-electron chi connectivity index (χ2n) is 2.93. The average molecular weight is 217 g/mol. The fraction of sp³-hybridized carbons (Fsp3) is 0.556. The van der Waals surface area contributed by atoms with Crippen molar-refractivity contribution in [3.05, 3.63) is 17.5 Å². The predicted octanol–water partition coefficient (Wildman–Crippen LogP) is 1.93. The molecule has 0 saturated carbocycles. The third kappa shape index (κ3) is 4.39. The first-order valence-corrected chi connectivity index (χ1v) is 4.79. The molecule has 78 valence electrons. The van der Waals surface area contributed by atoms with Gasteiger partial charge in [0.1, 0.15) is 6.61 Å². The number of hydrogen-bond donors (Lipinski definition) is 0. The quantitative estimate of drug-likeness (QED) is 0.557. The number of ether oxygens (including phenoxy) is 2. The van der Waals surface area contributed by atoms with Gasteiger partial charge in [0.25, 0.3) is 0 Å². The second kappa shape index (κ2) is 5.78. The molecule has 14 heavy (non-hydrogen) atoms. The van der Waals surface area contributed by atoms with Crippen molar-refractivity contribution >= 4 is 11.6 Å². The lowest BCUT2D eigenvalue weighted by Crippen LogP contribution is -2.11. The van der Waals surface area contributed by atoms with Gasteiger partial charge in [-0.3, -0.25) is 0 Å². The van der Waals surface area contributed by atoms with E-state index in [-0.39, 0.29) is 11.4 Å². The summed E-state index contributed by atoms with van der Waals surface area (Å²) < 4.78 is 10.6. The highest BCUT2D eigenvalue weighted by Gasteiger charge is 1.98. The van der Waals surface area contributed by atoms with Gasteiger partial charge in [-0.1, -0.05) is 0 Å². The number of rotatable bonds is 5. The maximum atomic E-state index is 5.57. The molecule has 0 aromatic carbocycles. The molecule has 0 saturated heterocycles. The van der Waals surface area contributed by atoms with Crippen LogP contribution >= 0.6 is 11.6 Å². The fourth-order valence-corrected chi connectivity index (χ4v) is 0.970. The zero-order valence-corrected chi connectivity index (χ0v) is 8.99. The zero-order valence-electron chi connectivity index (χ0n) is 8.24. The topological polar surface area (TPSA) is 44.2 Å². The van der Waals surface area contributed by atoms with Crippen LogP contribution in [-0.2, 0) is 4.74 Å². The largest absolute Gasteiger partial charge is 0.475 e. The van der Waals surface area contributed by atoms with Gasteiger partial charge in [0.2, 0.25) is 11.2 Å². The molecule has 5 heteroatoms. The van der Waals surface area contributed by atoms with Gasteiger partial charge in [-0.15, -0.1) is 0 Å². The van der Waals surface area contributed by atoms with E-state index in [9.17, 15) is 0 Å². The molecule has 0 aliphatic rings. The second-order valence-corrected chi connectivity index (χ2v) is 3.27. The summed E-state index contributed by atoms with van der Waals surface area (Å²) in [4.78, 5) is 7.61. The van der Waals surface area contributed by atoms with Crippen molar-refractivity contribution in [2.24, 2.45) is 0 Å². The Kier molecular flexibility index (Phi) is 4.62. The van der Waals surface area contributed by atoms with E-state index in [0.717, 1.165) is 0 Å². The van der Waals surface area contributed by atoms with Crippen molar-refractivity contribution in [3.63, 3.8) is 0 Å². The van der Waals surface area contributed by atoms with Gasteiger partial charge in [0.05, 0.1) is 12.7 Å². The molecular formula is C9H13ClN2O2. The van der Waals surface area contributed by atoms with Gasteiger partial charge in [0.15, 0.2) is 0 Å². The maximum Gasteiger partial charge on any atom is 0.225 e. The molecule has 0 fully saturated rings. The third-order valence-electron chi connectivity index (χ3n) is 1.39. The van der Waals surface area contributed by atoms with Gasteiger partial charge in [-0.05, 0) is 25.4 Å². The number of hydrogen-bond acceptors (Lipinski definition) is 4. The van der Waals surface area contributed by atoms with E-state index in [0.29, 0.717) is 19.1 Å². The van der Waals surface area contributed by atoms with Crippen molar-refractivity contribution in [1.82, 2.24) is 9.97 Å². The Morgan fingerprint density at radius 2 is 2.21 bits per heavy atom. The van der Waals surface area contributed by atoms with Gasteiger partial charge >= 0.3 is 0 Å². The lowest BCUT2D eigenvalue weighted by molar-refractivity contribution is 0.0542. The predicted molar refractivity (Wildman–Crippen MR) is 53.6 cm³/mol. The van der Waals surface area contributed by atoms with E-state index in [4.69, 9.17) is 21.1 Å². The Bertz CT molecular complexity index is 281. The molecule has 4 nitrogen and oxygen atoms in total. The molecule has 0 aliphatic carbocycles. The van der Waals surface area contributed by atoms with Crippen molar-refractivity contribution < 1.29 is 9.47 Å². The van der Waals surface area contributed by atoms with Gasteiger partial charge in [-0.25, -0.2) is 4.98 Å². The first kappa shape index (κ1) is 11.2. The van der Waals surface area contributed by atoms with Crippen LogP contribution in [0.5, 0.6) is 5.88 Å². The highest BCUT2D eigenvalue weighted by Crippen LogP contribution is 2.07. The van der Waals surface area contributed by atoms with Gasteiger partial charge in [-0.2, -0.15) is 4.98 Å². The van der Waals surface area contributed by atoms with Crippen LogP contribution in [0.1, 0.15) is 13.8 Å².